The summed E-state index contributed by atoms with van der Waals surface area (Å²) < 4.78 is 44.2. The molecule has 0 aliphatic carbocycles. The van der Waals surface area contributed by atoms with Crippen molar-refractivity contribution in [3.05, 3.63) is 58.1 Å². The Morgan fingerprint density at radius 2 is 1.85 bits per heavy atom. The van der Waals surface area contributed by atoms with Crippen molar-refractivity contribution in [2.24, 2.45) is 10.9 Å². The molecule has 2 heterocycles. The summed E-state index contributed by atoms with van der Waals surface area (Å²) >= 11 is 1.70. The molecule has 1 aliphatic rings. The minimum Gasteiger partial charge on any atom is -0.392 e. The molecule has 1 aliphatic heterocycles. The second-order valence-corrected chi connectivity index (χ2v) is 11.6. The molecule has 10 heteroatoms. The minimum absolute atomic E-state index is 0.0549. The van der Waals surface area contributed by atoms with Gasteiger partial charge in [0, 0.05) is 31.5 Å². The number of aromatic nitrogens is 2. The van der Waals surface area contributed by atoms with Gasteiger partial charge in [-0.2, -0.15) is 13.2 Å². The van der Waals surface area contributed by atoms with Crippen LogP contribution in [0.1, 0.15) is 85.4 Å². The van der Waals surface area contributed by atoms with E-state index < -0.39 is 11.7 Å². The lowest BCUT2D eigenvalue weighted by molar-refractivity contribution is -0.138. The molecule has 0 bridgehead atoms. The maximum atomic E-state index is 14.0. The van der Waals surface area contributed by atoms with E-state index in [1.807, 2.05) is 46.1 Å². The van der Waals surface area contributed by atoms with E-state index in [1.54, 1.807) is 18.9 Å². The van der Waals surface area contributed by atoms with E-state index in [0.717, 1.165) is 73.0 Å². The first-order valence-corrected chi connectivity index (χ1v) is 15.4. The Labute approximate surface area is 248 Å². The summed E-state index contributed by atoms with van der Waals surface area (Å²) in [4.78, 5) is 13.1. The average Bonchev–Trinajstić information content (AvgIpc) is 2.95. The molecule has 0 radical (unpaired) electrons. The number of nitrogens with zero attached hydrogens (tertiary/aromatic N) is 4. The Balaban J connectivity index is 2.52. The van der Waals surface area contributed by atoms with E-state index in [1.165, 1.54) is 6.20 Å². The summed E-state index contributed by atoms with van der Waals surface area (Å²) in [6, 6.07) is 0.100. The van der Waals surface area contributed by atoms with E-state index in [9.17, 15) is 18.3 Å². The third-order valence-corrected chi connectivity index (χ3v) is 8.39. The molecular formula is C31H46F3N5OS. The number of aliphatic hydroxyl groups excluding tert-OH is 1. The average molecular weight is 594 g/mol. The lowest BCUT2D eigenvalue weighted by atomic mass is 9.92. The maximum absolute atomic E-state index is 14.0. The fourth-order valence-corrected chi connectivity index (χ4v) is 5.03. The van der Waals surface area contributed by atoms with Crippen molar-refractivity contribution in [3.63, 3.8) is 0 Å². The topological polar surface area (TPSA) is 73.6 Å². The van der Waals surface area contributed by atoms with Gasteiger partial charge in [0.15, 0.2) is 0 Å². The molecule has 0 amide bonds. The van der Waals surface area contributed by atoms with Gasteiger partial charge < -0.3 is 10.4 Å². The van der Waals surface area contributed by atoms with Gasteiger partial charge in [0.25, 0.3) is 0 Å². The predicted octanol–water partition coefficient (Wildman–Crippen LogP) is 8.11. The van der Waals surface area contributed by atoms with Gasteiger partial charge >= 0.3 is 6.18 Å². The van der Waals surface area contributed by atoms with Crippen LogP contribution in [0.15, 0.2) is 51.8 Å². The molecule has 228 valence electrons. The molecule has 0 aromatic carbocycles. The van der Waals surface area contributed by atoms with Crippen LogP contribution < -0.4 is 5.32 Å². The van der Waals surface area contributed by atoms with Crippen molar-refractivity contribution in [1.29, 1.82) is 0 Å². The molecule has 1 aromatic heterocycles. The van der Waals surface area contributed by atoms with Gasteiger partial charge in [0.2, 0.25) is 5.95 Å². The number of rotatable bonds is 12. The van der Waals surface area contributed by atoms with Crippen LogP contribution in [-0.4, -0.2) is 57.1 Å². The highest BCUT2D eigenvalue weighted by molar-refractivity contribution is 7.96. The summed E-state index contributed by atoms with van der Waals surface area (Å²) in [6.07, 6.45) is 6.99. The van der Waals surface area contributed by atoms with Crippen LogP contribution in [0, 0.1) is 5.92 Å². The summed E-state index contributed by atoms with van der Waals surface area (Å²) in [5.41, 5.74) is 3.87. The Morgan fingerprint density at radius 3 is 2.37 bits per heavy atom. The second kappa shape index (κ2) is 16.3. The fraction of sp³-hybridized carbons (Fsp3) is 0.581. The molecule has 1 aromatic rings. The monoisotopic (exact) mass is 593 g/mol. The Morgan fingerprint density at radius 1 is 1.20 bits per heavy atom. The lowest BCUT2D eigenvalue weighted by Crippen LogP contribution is -2.35. The number of aliphatic hydroxyl groups is 1. The zero-order chi connectivity index (χ0) is 30.7. The van der Waals surface area contributed by atoms with Crippen molar-refractivity contribution in [1.82, 2.24) is 14.3 Å². The van der Waals surface area contributed by atoms with Gasteiger partial charge in [-0.3, -0.25) is 9.30 Å². The zero-order valence-corrected chi connectivity index (χ0v) is 26.5. The minimum atomic E-state index is -4.60. The van der Waals surface area contributed by atoms with E-state index in [-0.39, 0.29) is 30.2 Å². The molecule has 6 nitrogen and oxygen atoms in total. The number of anilines is 1. The van der Waals surface area contributed by atoms with Crippen molar-refractivity contribution < 1.29 is 18.3 Å². The van der Waals surface area contributed by atoms with Crippen molar-refractivity contribution in [3.8, 4) is 0 Å². The van der Waals surface area contributed by atoms with Gasteiger partial charge in [-0.25, -0.2) is 9.97 Å². The Bertz CT molecular complexity index is 1170. The summed E-state index contributed by atoms with van der Waals surface area (Å²) in [7, 11) is 0. The third-order valence-electron chi connectivity index (χ3n) is 7.50. The molecular weight excluding hydrogens is 547 g/mol. The van der Waals surface area contributed by atoms with Gasteiger partial charge in [-0.05, 0) is 82.3 Å². The van der Waals surface area contributed by atoms with E-state index in [4.69, 9.17) is 4.99 Å². The van der Waals surface area contributed by atoms with Crippen LogP contribution in [-0.2, 0) is 6.18 Å². The van der Waals surface area contributed by atoms with Gasteiger partial charge in [0.05, 0.1) is 23.6 Å². The SMILES string of the molecule is CC/C(C)=C(/C=C\C(=C(C)C)/C(=N/C=C(\C)c1nc(NC2CCN(SC)CC2)ncc1C(F)(F)F)C(C)CC)CO. The Kier molecular flexibility index (Phi) is 13.8. The first-order valence-electron chi connectivity index (χ1n) is 14.3. The van der Waals surface area contributed by atoms with Crippen LogP contribution in [0.2, 0.25) is 0 Å². The van der Waals surface area contributed by atoms with Crippen molar-refractivity contribution in [2.45, 2.75) is 86.4 Å². The molecule has 1 atom stereocenters. The zero-order valence-electron chi connectivity index (χ0n) is 25.7. The molecule has 2 rings (SSSR count). The molecule has 1 unspecified atom stereocenters. The quantitative estimate of drug-likeness (QED) is 0.145. The van der Waals surface area contributed by atoms with E-state index >= 15 is 0 Å². The molecule has 0 spiro atoms. The van der Waals surface area contributed by atoms with Gasteiger partial charge in [0.1, 0.15) is 0 Å². The third kappa shape index (κ3) is 10.1. The highest BCUT2D eigenvalue weighted by atomic mass is 32.2. The van der Waals surface area contributed by atoms with Crippen LogP contribution in [0.25, 0.3) is 5.57 Å². The number of hydrogen-bond acceptors (Lipinski definition) is 7. The smallest absolute Gasteiger partial charge is 0.392 e. The lowest BCUT2D eigenvalue weighted by Gasteiger charge is -2.30. The largest absolute Gasteiger partial charge is 0.419 e. The summed E-state index contributed by atoms with van der Waals surface area (Å²) in [6.45, 7) is 15.4. The Hall–Kier alpha value is -2.43. The molecule has 1 saturated heterocycles. The number of piperidine rings is 1. The maximum Gasteiger partial charge on any atom is 0.419 e. The van der Waals surface area contributed by atoms with Gasteiger partial charge in [-0.15, -0.1) is 0 Å². The number of aliphatic imine (C=N–C) groups is 1. The number of alkyl halides is 3. The van der Waals surface area contributed by atoms with Crippen LogP contribution in [0.4, 0.5) is 19.1 Å². The highest BCUT2D eigenvalue weighted by Gasteiger charge is 2.35. The van der Waals surface area contributed by atoms with E-state index in [0.29, 0.717) is 5.57 Å². The molecule has 1 fully saturated rings. The second-order valence-electron chi connectivity index (χ2n) is 10.7. The first-order chi connectivity index (χ1) is 19.4. The molecule has 41 heavy (non-hydrogen) atoms. The van der Waals surface area contributed by atoms with Gasteiger partial charge in [-0.1, -0.05) is 56.0 Å². The number of nitrogens with one attached hydrogen (secondary N) is 1. The van der Waals surface area contributed by atoms with E-state index in [2.05, 4.69) is 33.4 Å². The number of hydrogen-bond donors (Lipinski definition) is 2. The predicted molar refractivity (Wildman–Crippen MR) is 167 cm³/mol. The van der Waals surface area contributed by atoms with Crippen molar-refractivity contribution in [2.75, 3.05) is 31.3 Å². The first kappa shape index (κ1) is 34.8. The van der Waals surface area contributed by atoms with Crippen LogP contribution in [0.3, 0.4) is 0 Å². The standard InChI is InChI=1S/C31H46F3N5OS/c1-9-21(5)24(19-40)11-12-26(20(3)4)28(22(6)10-2)35-17-23(7)29-27(31(32,33)34)18-36-30(38-29)37-25-13-15-39(41-8)16-14-25/h11-12,17-18,22,25,40H,9-10,13-16,19H2,1-8H3,(H,36,37,38)/b12-11-,23-17+,24-21-,35-28+. The highest BCUT2D eigenvalue weighted by Crippen LogP contribution is 2.34. The summed E-state index contributed by atoms with van der Waals surface area (Å²) in [5.74, 6) is 0.247. The van der Waals surface area contributed by atoms with Crippen molar-refractivity contribution >= 4 is 29.2 Å². The number of halogens is 3. The van der Waals surface area contributed by atoms with Crippen LogP contribution >= 0.6 is 11.9 Å². The molecule has 0 saturated carbocycles. The fourth-order valence-electron chi connectivity index (χ4n) is 4.46. The summed E-state index contributed by atoms with van der Waals surface area (Å²) in [5, 5.41) is 13.1. The molecule has 2 N–H and O–H groups in total. The normalized spacial score (nSPS) is 17.6. The number of allylic oxidation sites excluding steroid dienone is 5. The van der Waals surface area contributed by atoms with Crippen LogP contribution in [0.5, 0.6) is 0 Å².